The van der Waals surface area contributed by atoms with Gasteiger partial charge < -0.3 is 14.8 Å². The van der Waals surface area contributed by atoms with E-state index < -0.39 is 77.0 Å². The van der Waals surface area contributed by atoms with E-state index >= 15 is 0 Å². The first kappa shape index (κ1) is 33.6. The minimum atomic E-state index is -5.01. The quantitative estimate of drug-likeness (QED) is 0.277. The van der Waals surface area contributed by atoms with Gasteiger partial charge in [0.2, 0.25) is 5.91 Å². The lowest BCUT2D eigenvalue weighted by atomic mass is 9.77. The number of ether oxygens (including phenoxy) is 2. The molecule has 1 heterocycles. The Kier molecular flexibility index (Phi) is 9.14. The van der Waals surface area contributed by atoms with Crippen LogP contribution in [0.1, 0.15) is 49.4 Å². The van der Waals surface area contributed by atoms with Crippen LogP contribution in [0.25, 0.3) is 0 Å². The molecule has 1 saturated heterocycles. The van der Waals surface area contributed by atoms with Crippen LogP contribution in [-0.2, 0) is 27.7 Å². The second kappa shape index (κ2) is 12.2. The molecule has 0 unspecified atom stereocenters. The molecule has 2 amide bonds. The molecule has 0 aliphatic carbocycles. The van der Waals surface area contributed by atoms with Crippen LogP contribution in [0.3, 0.4) is 0 Å². The first-order valence-corrected chi connectivity index (χ1v) is 13.8. The number of rotatable bonds is 7. The zero-order chi connectivity index (χ0) is 33.4. The first-order valence-electron chi connectivity index (χ1n) is 13.8. The number of nitrogens with zero attached hydrogens (tertiary/aromatic N) is 1. The van der Waals surface area contributed by atoms with Gasteiger partial charge in [-0.25, -0.2) is 22.4 Å². The fraction of sp³-hybridized carbons (Fsp3) is 0.375. The van der Waals surface area contributed by atoms with Gasteiger partial charge in [-0.15, -0.1) is 0 Å². The molecule has 3 aromatic carbocycles. The third kappa shape index (κ3) is 7.69. The summed E-state index contributed by atoms with van der Waals surface area (Å²) in [6, 6.07) is 11.1. The summed E-state index contributed by atoms with van der Waals surface area (Å²) in [6.07, 6.45) is -7.68. The summed E-state index contributed by atoms with van der Waals surface area (Å²) in [5.41, 5.74) is -4.66. The van der Waals surface area contributed by atoms with E-state index in [0.29, 0.717) is 16.5 Å². The van der Waals surface area contributed by atoms with Crippen molar-refractivity contribution in [2.75, 3.05) is 13.7 Å². The number of nitrogens with one attached hydrogen (secondary N) is 1. The molecule has 4 rings (SSSR count). The van der Waals surface area contributed by atoms with E-state index in [1.54, 1.807) is 30.3 Å². The Balaban J connectivity index is 1.96. The molecule has 6 nitrogen and oxygen atoms in total. The van der Waals surface area contributed by atoms with Gasteiger partial charge in [-0.3, -0.25) is 9.69 Å². The SMILES string of the molecule is COc1cc([C@@](Cc2ccccc2)(NC(=O)[C@@H]2CC(F)(F)CN2C(=O)OC(C)(C)C)c2cc(F)cc(C(F)(F)F)c2)ccc1F. The zero-order valence-electron chi connectivity index (χ0n) is 24.8. The normalized spacial score (nSPS) is 17.8. The molecule has 242 valence electrons. The van der Waals surface area contributed by atoms with Crippen molar-refractivity contribution in [3.8, 4) is 5.75 Å². The van der Waals surface area contributed by atoms with Crippen molar-refractivity contribution < 1.29 is 49.8 Å². The lowest BCUT2D eigenvalue weighted by Gasteiger charge is -2.38. The van der Waals surface area contributed by atoms with Crippen LogP contribution in [0, 0.1) is 11.6 Å². The highest BCUT2D eigenvalue weighted by Crippen LogP contribution is 2.41. The Hall–Kier alpha value is -4.29. The summed E-state index contributed by atoms with van der Waals surface area (Å²) in [5, 5.41) is 2.58. The van der Waals surface area contributed by atoms with Crippen molar-refractivity contribution in [2.45, 2.75) is 62.9 Å². The number of methoxy groups -OCH3 is 1. The van der Waals surface area contributed by atoms with E-state index in [1.165, 1.54) is 20.8 Å². The van der Waals surface area contributed by atoms with E-state index in [9.17, 15) is 40.3 Å². The second-order valence-corrected chi connectivity index (χ2v) is 11.8. The van der Waals surface area contributed by atoms with E-state index in [1.807, 2.05) is 0 Å². The number of likely N-dealkylation sites (tertiary alicyclic amines) is 1. The number of carbonyl (C=O) groups excluding carboxylic acids is 2. The fourth-order valence-corrected chi connectivity index (χ4v) is 5.24. The molecule has 1 aliphatic rings. The second-order valence-electron chi connectivity index (χ2n) is 11.8. The molecule has 0 saturated carbocycles. The largest absolute Gasteiger partial charge is 0.494 e. The van der Waals surface area contributed by atoms with Gasteiger partial charge in [0.05, 0.1) is 24.8 Å². The first-order chi connectivity index (χ1) is 20.8. The summed E-state index contributed by atoms with van der Waals surface area (Å²) in [6.45, 7) is 3.35. The third-order valence-electron chi connectivity index (χ3n) is 7.21. The fourth-order valence-electron chi connectivity index (χ4n) is 5.24. The van der Waals surface area contributed by atoms with Gasteiger partial charge in [0.15, 0.2) is 11.6 Å². The maximum absolute atomic E-state index is 15.0. The summed E-state index contributed by atoms with van der Waals surface area (Å²) < 4.78 is 111. The Bertz CT molecular complexity index is 1560. The lowest BCUT2D eigenvalue weighted by molar-refractivity contribution is -0.137. The molecular weight excluding hydrogens is 609 g/mol. The van der Waals surface area contributed by atoms with E-state index in [-0.39, 0.29) is 23.8 Å². The van der Waals surface area contributed by atoms with Gasteiger partial charge in [-0.1, -0.05) is 36.4 Å². The molecule has 0 bridgehead atoms. The number of amides is 2. The van der Waals surface area contributed by atoms with Gasteiger partial charge in [-0.05, 0) is 67.8 Å². The molecule has 13 heteroatoms. The third-order valence-corrected chi connectivity index (χ3v) is 7.21. The Morgan fingerprint density at radius 1 is 0.933 bits per heavy atom. The molecule has 45 heavy (non-hydrogen) atoms. The lowest BCUT2D eigenvalue weighted by Crippen LogP contribution is -2.55. The minimum Gasteiger partial charge on any atom is -0.494 e. The van der Waals surface area contributed by atoms with Crippen LogP contribution < -0.4 is 10.1 Å². The van der Waals surface area contributed by atoms with E-state index in [2.05, 4.69) is 5.32 Å². The van der Waals surface area contributed by atoms with Crippen LogP contribution in [0.2, 0.25) is 0 Å². The Morgan fingerprint density at radius 3 is 2.18 bits per heavy atom. The molecule has 1 aliphatic heterocycles. The molecule has 3 aromatic rings. The molecule has 0 aromatic heterocycles. The van der Waals surface area contributed by atoms with Crippen LogP contribution in [0.4, 0.5) is 35.5 Å². The number of halogens is 7. The predicted molar refractivity (Wildman–Crippen MR) is 150 cm³/mol. The average molecular weight is 641 g/mol. The highest BCUT2D eigenvalue weighted by atomic mass is 19.4. The predicted octanol–water partition coefficient (Wildman–Crippen LogP) is 7.24. The van der Waals surface area contributed by atoms with Crippen molar-refractivity contribution >= 4 is 12.0 Å². The number of benzene rings is 3. The number of hydrogen-bond donors (Lipinski definition) is 1. The van der Waals surface area contributed by atoms with Gasteiger partial charge in [0.25, 0.3) is 5.92 Å². The molecule has 0 radical (unpaired) electrons. The van der Waals surface area contributed by atoms with Gasteiger partial charge in [0.1, 0.15) is 17.5 Å². The minimum absolute atomic E-state index is 0.0507. The van der Waals surface area contributed by atoms with E-state index in [4.69, 9.17) is 9.47 Å². The van der Waals surface area contributed by atoms with Gasteiger partial charge >= 0.3 is 12.3 Å². The molecule has 2 atom stereocenters. The smallest absolute Gasteiger partial charge is 0.416 e. The van der Waals surface area contributed by atoms with Crippen molar-refractivity contribution in [2.24, 2.45) is 0 Å². The van der Waals surface area contributed by atoms with Crippen molar-refractivity contribution in [1.29, 1.82) is 0 Å². The molecule has 1 N–H and O–H groups in total. The van der Waals surface area contributed by atoms with Crippen molar-refractivity contribution in [1.82, 2.24) is 10.2 Å². The molecule has 0 spiro atoms. The standard InChI is InChI=1S/C32H31F7N2O4/c1-29(2,3)45-28(43)41-18-30(35,36)17-25(41)27(42)40-31(16-19-8-6-5-7-9-19,20-10-11-24(34)26(15-20)44-4)21-12-22(32(37,38)39)14-23(33)13-21/h5-15,25H,16-18H2,1-4H3,(H,40,42)/t25-,31+/m0/s1. The summed E-state index contributed by atoms with van der Waals surface area (Å²) >= 11 is 0. The van der Waals surface area contributed by atoms with Crippen LogP contribution in [0.5, 0.6) is 5.75 Å². The van der Waals surface area contributed by atoms with Crippen LogP contribution >= 0.6 is 0 Å². The van der Waals surface area contributed by atoms with E-state index in [0.717, 1.165) is 31.4 Å². The summed E-state index contributed by atoms with van der Waals surface area (Å²) in [4.78, 5) is 27.5. The molecule has 1 fully saturated rings. The number of hydrogen-bond acceptors (Lipinski definition) is 4. The van der Waals surface area contributed by atoms with Crippen molar-refractivity contribution in [3.05, 3.63) is 101 Å². The zero-order valence-corrected chi connectivity index (χ0v) is 24.8. The van der Waals surface area contributed by atoms with Crippen LogP contribution in [-0.4, -0.2) is 48.1 Å². The maximum Gasteiger partial charge on any atom is 0.416 e. The number of alkyl halides is 5. The Labute approximate surface area is 255 Å². The topological polar surface area (TPSA) is 67.9 Å². The highest BCUT2D eigenvalue weighted by Gasteiger charge is 2.53. The molecular formula is C32H31F7N2O4. The Morgan fingerprint density at radius 2 is 1.58 bits per heavy atom. The summed E-state index contributed by atoms with van der Waals surface area (Å²) in [5.74, 6) is -7.20. The van der Waals surface area contributed by atoms with Gasteiger partial charge in [0, 0.05) is 12.8 Å². The monoisotopic (exact) mass is 640 g/mol. The number of carbonyl (C=O) groups is 2. The van der Waals surface area contributed by atoms with Crippen molar-refractivity contribution in [3.63, 3.8) is 0 Å². The summed E-state index contributed by atoms with van der Waals surface area (Å²) in [7, 11) is 1.14. The van der Waals surface area contributed by atoms with Crippen LogP contribution in [0.15, 0.2) is 66.7 Å². The highest BCUT2D eigenvalue weighted by molar-refractivity contribution is 5.88. The average Bonchev–Trinajstić information content (AvgIpc) is 3.27. The van der Waals surface area contributed by atoms with Gasteiger partial charge in [-0.2, -0.15) is 13.2 Å². The maximum atomic E-state index is 15.0.